The fourth-order valence-corrected chi connectivity index (χ4v) is 1.17. The Bertz CT molecular complexity index is 347. The molecule has 0 spiro atoms. The van der Waals surface area contributed by atoms with Crippen molar-refractivity contribution < 1.29 is 9.13 Å². The minimum atomic E-state index is -0.851. The second kappa shape index (κ2) is 3.80. The summed E-state index contributed by atoms with van der Waals surface area (Å²) in [5.41, 5.74) is 5.39. The maximum Gasteiger partial charge on any atom is 0.132 e. The highest BCUT2D eigenvalue weighted by Crippen LogP contribution is 2.25. The van der Waals surface area contributed by atoms with Crippen molar-refractivity contribution in [3.8, 4) is 5.75 Å². The second-order valence-electron chi connectivity index (χ2n) is 3.33. The van der Waals surface area contributed by atoms with Crippen LogP contribution in [0.2, 0.25) is 0 Å². The zero-order chi connectivity index (χ0) is 10.8. The van der Waals surface area contributed by atoms with Gasteiger partial charge >= 0.3 is 0 Å². The van der Waals surface area contributed by atoms with Crippen molar-refractivity contribution in [3.63, 3.8) is 0 Å². The average Bonchev–Trinajstić information content (AvgIpc) is 2.17. The molecule has 0 fully saturated rings. The molecule has 1 aromatic rings. The molecule has 0 saturated carbocycles. The maximum atomic E-state index is 13.5. The minimum absolute atomic E-state index is 0.380. The standard InChI is InChI=1S/C11H14FNO/c1-4-11(2,13)9-6-5-8(14-3)7-10(9)12/h4-7H,1,13H2,2-3H3/t11-/m1/s1. The molecule has 76 valence electrons. The molecular formula is C11H14FNO. The van der Waals surface area contributed by atoms with E-state index in [0.717, 1.165) is 0 Å². The van der Waals surface area contributed by atoms with Crippen LogP contribution in [-0.4, -0.2) is 7.11 Å². The molecule has 0 bridgehead atoms. The smallest absolute Gasteiger partial charge is 0.132 e. The van der Waals surface area contributed by atoms with Crippen LogP contribution in [0.5, 0.6) is 5.75 Å². The van der Waals surface area contributed by atoms with Crippen LogP contribution in [-0.2, 0) is 5.54 Å². The third kappa shape index (κ3) is 1.93. The molecule has 3 heteroatoms. The first-order valence-electron chi connectivity index (χ1n) is 4.27. The monoisotopic (exact) mass is 195 g/mol. The van der Waals surface area contributed by atoms with E-state index < -0.39 is 5.54 Å². The summed E-state index contributed by atoms with van der Waals surface area (Å²) in [5, 5.41) is 0. The summed E-state index contributed by atoms with van der Waals surface area (Å²) < 4.78 is 18.4. The van der Waals surface area contributed by atoms with Gasteiger partial charge in [-0.05, 0) is 13.0 Å². The van der Waals surface area contributed by atoms with E-state index in [1.165, 1.54) is 19.3 Å². The topological polar surface area (TPSA) is 35.2 Å². The predicted molar refractivity (Wildman–Crippen MR) is 54.7 cm³/mol. The third-order valence-corrected chi connectivity index (χ3v) is 2.18. The van der Waals surface area contributed by atoms with E-state index in [9.17, 15) is 4.39 Å². The summed E-state index contributed by atoms with van der Waals surface area (Å²) in [5.74, 6) is 0.0976. The van der Waals surface area contributed by atoms with Gasteiger partial charge in [0.25, 0.3) is 0 Å². The summed E-state index contributed by atoms with van der Waals surface area (Å²) >= 11 is 0. The molecule has 1 rings (SSSR count). The summed E-state index contributed by atoms with van der Waals surface area (Å²) in [6.45, 7) is 5.27. The summed E-state index contributed by atoms with van der Waals surface area (Å²) in [6.07, 6.45) is 1.51. The Morgan fingerprint density at radius 2 is 2.21 bits per heavy atom. The zero-order valence-electron chi connectivity index (χ0n) is 8.38. The quantitative estimate of drug-likeness (QED) is 0.750. The van der Waals surface area contributed by atoms with Crippen LogP contribution in [0.1, 0.15) is 12.5 Å². The van der Waals surface area contributed by atoms with Crippen LogP contribution in [0.25, 0.3) is 0 Å². The van der Waals surface area contributed by atoms with Gasteiger partial charge in [0, 0.05) is 11.6 Å². The predicted octanol–water partition coefficient (Wildman–Crippen LogP) is 2.19. The molecule has 1 aromatic carbocycles. The van der Waals surface area contributed by atoms with Gasteiger partial charge in [-0.3, -0.25) is 0 Å². The summed E-state index contributed by atoms with van der Waals surface area (Å²) in [6, 6.07) is 4.59. The highest BCUT2D eigenvalue weighted by molar-refractivity contribution is 5.35. The first-order valence-corrected chi connectivity index (χ1v) is 4.27. The van der Waals surface area contributed by atoms with Crippen LogP contribution >= 0.6 is 0 Å². The molecule has 0 radical (unpaired) electrons. The first-order chi connectivity index (χ1) is 6.51. The fraction of sp³-hybridized carbons (Fsp3) is 0.273. The van der Waals surface area contributed by atoms with Gasteiger partial charge in [-0.1, -0.05) is 12.1 Å². The van der Waals surface area contributed by atoms with E-state index in [1.54, 1.807) is 19.1 Å². The highest BCUT2D eigenvalue weighted by Gasteiger charge is 2.20. The molecule has 0 aromatic heterocycles. The molecule has 2 nitrogen and oxygen atoms in total. The number of rotatable bonds is 3. The number of ether oxygens (including phenoxy) is 1. The van der Waals surface area contributed by atoms with Crippen molar-refractivity contribution in [2.75, 3.05) is 7.11 Å². The van der Waals surface area contributed by atoms with E-state index in [-0.39, 0.29) is 5.82 Å². The van der Waals surface area contributed by atoms with Crippen molar-refractivity contribution in [1.29, 1.82) is 0 Å². The van der Waals surface area contributed by atoms with E-state index in [2.05, 4.69) is 6.58 Å². The lowest BCUT2D eigenvalue weighted by Gasteiger charge is -2.21. The molecule has 0 unspecified atom stereocenters. The zero-order valence-corrected chi connectivity index (χ0v) is 8.38. The molecule has 0 aliphatic rings. The molecule has 0 heterocycles. The summed E-state index contributed by atoms with van der Waals surface area (Å²) in [4.78, 5) is 0. The first kappa shape index (κ1) is 10.7. The number of nitrogens with two attached hydrogens (primary N) is 1. The van der Waals surface area contributed by atoms with Crippen molar-refractivity contribution in [3.05, 3.63) is 42.2 Å². The number of hydrogen-bond acceptors (Lipinski definition) is 2. The molecule has 0 saturated heterocycles. The van der Waals surface area contributed by atoms with E-state index in [4.69, 9.17) is 10.5 Å². The van der Waals surface area contributed by atoms with Gasteiger partial charge < -0.3 is 10.5 Å². The van der Waals surface area contributed by atoms with E-state index >= 15 is 0 Å². The number of benzene rings is 1. The molecule has 14 heavy (non-hydrogen) atoms. The Morgan fingerprint density at radius 1 is 1.57 bits per heavy atom. The molecule has 0 aliphatic heterocycles. The van der Waals surface area contributed by atoms with Crippen LogP contribution in [0, 0.1) is 5.82 Å². The Balaban J connectivity index is 3.18. The van der Waals surface area contributed by atoms with Crippen LogP contribution in [0.4, 0.5) is 4.39 Å². The van der Waals surface area contributed by atoms with Gasteiger partial charge in [-0.25, -0.2) is 4.39 Å². The molecule has 0 aliphatic carbocycles. The fourth-order valence-electron chi connectivity index (χ4n) is 1.17. The number of hydrogen-bond donors (Lipinski definition) is 1. The third-order valence-electron chi connectivity index (χ3n) is 2.18. The maximum absolute atomic E-state index is 13.5. The Hall–Kier alpha value is -1.35. The Kier molecular flexibility index (Phi) is 2.91. The lowest BCUT2D eigenvalue weighted by atomic mass is 9.93. The number of halogens is 1. The SMILES string of the molecule is C=C[C@@](C)(N)c1ccc(OC)cc1F. The van der Waals surface area contributed by atoms with E-state index in [1.807, 2.05) is 0 Å². The van der Waals surface area contributed by atoms with Gasteiger partial charge in [0.15, 0.2) is 0 Å². The lowest BCUT2D eigenvalue weighted by Crippen LogP contribution is -2.31. The highest BCUT2D eigenvalue weighted by atomic mass is 19.1. The van der Waals surface area contributed by atoms with Crippen molar-refractivity contribution in [2.24, 2.45) is 5.73 Å². The Labute approximate surface area is 83.2 Å². The molecule has 0 amide bonds. The van der Waals surface area contributed by atoms with Gasteiger partial charge in [-0.15, -0.1) is 6.58 Å². The van der Waals surface area contributed by atoms with Crippen LogP contribution in [0.15, 0.2) is 30.9 Å². The average molecular weight is 195 g/mol. The van der Waals surface area contributed by atoms with Gasteiger partial charge in [0.1, 0.15) is 11.6 Å². The van der Waals surface area contributed by atoms with Crippen LogP contribution in [0.3, 0.4) is 0 Å². The Morgan fingerprint density at radius 3 is 2.64 bits per heavy atom. The normalized spacial score (nSPS) is 14.6. The van der Waals surface area contributed by atoms with Crippen LogP contribution < -0.4 is 10.5 Å². The lowest BCUT2D eigenvalue weighted by molar-refractivity contribution is 0.409. The van der Waals surface area contributed by atoms with Crippen molar-refractivity contribution in [2.45, 2.75) is 12.5 Å². The van der Waals surface area contributed by atoms with Gasteiger partial charge in [0.05, 0.1) is 12.6 Å². The molecule has 2 N–H and O–H groups in total. The van der Waals surface area contributed by atoms with Crippen molar-refractivity contribution in [1.82, 2.24) is 0 Å². The summed E-state index contributed by atoms with van der Waals surface area (Å²) in [7, 11) is 1.49. The van der Waals surface area contributed by atoms with Gasteiger partial charge in [0.2, 0.25) is 0 Å². The van der Waals surface area contributed by atoms with Crippen molar-refractivity contribution >= 4 is 0 Å². The number of methoxy groups -OCH3 is 1. The van der Waals surface area contributed by atoms with E-state index in [0.29, 0.717) is 11.3 Å². The van der Waals surface area contributed by atoms with Gasteiger partial charge in [-0.2, -0.15) is 0 Å². The minimum Gasteiger partial charge on any atom is -0.497 e. The molecular weight excluding hydrogens is 181 g/mol. The largest absolute Gasteiger partial charge is 0.497 e. The second-order valence-corrected chi connectivity index (χ2v) is 3.33. The molecule has 1 atom stereocenters.